The number of anilines is 1. The van der Waals surface area contributed by atoms with Crippen LogP contribution in [0.5, 0.6) is 0 Å². The Bertz CT molecular complexity index is 707. The van der Waals surface area contributed by atoms with Gasteiger partial charge in [0.2, 0.25) is 11.8 Å². The molecule has 130 valence electrons. The number of aryl methyl sites for hydroxylation is 1. The number of nitrogens with one attached hydrogen (secondary N) is 3. The molecule has 2 amide bonds. The summed E-state index contributed by atoms with van der Waals surface area (Å²) in [7, 11) is 3.39. The number of hydrogen-bond donors (Lipinski definition) is 3. The minimum absolute atomic E-state index is 0. The zero-order chi connectivity index (χ0) is 16.8. The topological polar surface area (TPSA) is 88.1 Å². The van der Waals surface area contributed by atoms with Crippen LogP contribution in [0.4, 0.5) is 10.1 Å². The average Bonchev–Trinajstić information content (AvgIpc) is 2.92. The fourth-order valence-corrected chi connectivity index (χ4v) is 2.08. The van der Waals surface area contributed by atoms with Crippen molar-refractivity contribution in [1.29, 1.82) is 0 Å². The van der Waals surface area contributed by atoms with Crippen molar-refractivity contribution in [3.63, 3.8) is 0 Å². The van der Waals surface area contributed by atoms with Crippen molar-refractivity contribution in [1.82, 2.24) is 20.4 Å². The van der Waals surface area contributed by atoms with E-state index in [2.05, 4.69) is 21.0 Å². The summed E-state index contributed by atoms with van der Waals surface area (Å²) < 4.78 is 14.6. The van der Waals surface area contributed by atoms with Crippen LogP contribution in [0.25, 0.3) is 0 Å². The molecule has 1 heterocycles. The van der Waals surface area contributed by atoms with Crippen molar-refractivity contribution in [2.75, 3.05) is 18.9 Å². The van der Waals surface area contributed by atoms with Crippen molar-refractivity contribution in [2.24, 2.45) is 7.05 Å². The van der Waals surface area contributed by atoms with Gasteiger partial charge in [-0.1, -0.05) is 6.07 Å². The number of nitrogens with zero attached hydrogens (tertiary/aromatic N) is 2. The van der Waals surface area contributed by atoms with Crippen molar-refractivity contribution in [3.05, 3.63) is 48.0 Å². The Balaban J connectivity index is 0.00000288. The molecule has 24 heavy (non-hydrogen) atoms. The summed E-state index contributed by atoms with van der Waals surface area (Å²) in [6.45, 7) is -0.214. The van der Waals surface area contributed by atoms with E-state index in [0.717, 1.165) is 0 Å². The van der Waals surface area contributed by atoms with E-state index in [1.807, 2.05) is 0 Å². The first-order chi connectivity index (χ1) is 11.0. The Morgan fingerprint density at radius 2 is 2.12 bits per heavy atom. The first kappa shape index (κ1) is 19.6. The molecule has 0 spiro atoms. The fourth-order valence-electron chi connectivity index (χ4n) is 2.08. The van der Waals surface area contributed by atoms with Gasteiger partial charge in [-0.05, 0) is 25.2 Å². The number of carbonyl (C=O) groups is 2. The third-order valence-corrected chi connectivity index (χ3v) is 3.14. The Hall–Kier alpha value is -2.45. The zero-order valence-electron chi connectivity index (χ0n) is 13.2. The number of aromatic nitrogens is 2. The maximum atomic E-state index is 13.0. The van der Waals surface area contributed by atoms with Crippen LogP contribution < -0.4 is 16.0 Å². The van der Waals surface area contributed by atoms with E-state index in [-0.39, 0.29) is 24.9 Å². The van der Waals surface area contributed by atoms with Gasteiger partial charge in [0, 0.05) is 24.5 Å². The van der Waals surface area contributed by atoms with E-state index in [0.29, 0.717) is 11.3 Å². The maximum absolute atomic E-state index is 13.0. The van der Waals surface area contributed by atoms with Crippen LogP contribution in [-0.4, -0.2) is 35.2 Å². The third-order valence-electron chi connectivity index (χ3n) is 3.14. The van der Waals surface area contributed by atoms with E-state index in [9.17, 15) is 14.0 Å². The van der Waals surface area contributed by atoms with E-state index >= 15 is 0 Å². The summed E-state index contributed by atoms with van der Waals surface area (Å²) in [5.41, 5.74) is 1.03. The van der Waals surface area contributed by atoms with E-state index < -0.39 is 17.8 Å². The van der Waals surface area contributed by atoms with Gasteiger partial charge in [-0.15, -0.1) is 12.4 Å². The predicted octanol–water partition coefficient (Wildman–Crippen LogP) is 0.996. The number of carbonyl (C=O) groups excluding carboxylic acids is 2. The SMILES string of the molecule is CNC(C(=O)NCC(=O)Nc1cccc(F)c1)c1cnn(C)c1.Cl. The number of rotatable bonds is 6. The van der Waals surface area contributed by atoms with Crippen LogP contribution in [0, 0.1) is 5.82 Å². The molecule has 0 saturated heterocycles. The minimum atomic E-state index is -0.606. The van der Waals surface area contributed by atoms with Crippen LogP contribution in [0.3, 0.4) is 0 Å². The van der Waals surface area contributed by atoms with Gasteiger partial charge in [-0.3, -0.25) is 14.3 Å². The molecule has 1 aromatic carbocycles. The first-order valence-corrected chi connectivity index (χ1v) is 6.98. The lowest BCUT2D eigenvalue weighted by Crippen LogP contribution is -2.39. The molecule has 1 atom stereocenters. The molecule has 0 radical (unpaired) electrons. The molecular weight excluding hydrogens is 337 g/mol. The van der Waals surface area contributed by atoms with Crippen molar-refractivity contribution < 1.29 is 14.0 Å². The highest BCUT2D eigenvalue weighted by atomic mass is 35.5. The summed E-state index contributed by atoms with van der Waals surface area (Å²) in [5, 5.41) is 11.9. The Labute approximate surface area is 145 Å². The fraction of sp³-hybridized carbons (Fsp3) is 0.267. The summed E-state index contributed by atoms with van der Waals surface area (Å²) in [5.74, 6) is -1.24. The molecule has 0 aliphatic rings. The number of amides is 2. The molecule has 0 saturated carbocycles. The van der Waals surface area contributed by atoms with Gasteiger partial charge in [-0.2, -0.15) is 5.10 Å². The molecular formula is C15H19ClFN5O2. The monoisotopic (exact) mass is 355 g/mol. The van der Waals surface area contributed by atoms with Gasteiger partial charge >= 0.3 is 0 Å². The Morgan fingerprint density at radius 1 is 1.38 bits per heavy atom. The molecule has 7 nitrogen and oxygen atoms in total. The van der Waals surface area contributed by atoms with Gasteiger partial charge in [-0.25, -0.2) is 4.39 Å². The molecule has 3 N–H and O–H groups in total. The Kier molecular flexibility index (Phi) is 7.34. The maximum Gasteiger partial charge on any atom is 0.243 e. The Morgan fingerprint density at radius 3 is 2.71 bits per heavy atom. The van der Waals surface area contributed by atoms with E-state index in [1.165, 1.54) is 18.2 Å². The molecule has 2 aromatic rings. The van der Waals surface area contributed by atoms with Gasteiger partial charge in [0.15, 0.2) is 0 Å². The number of halogens is 2. The lowest BCUT2D eigenvalue weighted by atomic mass is 10.1. The van der Waals surface area contributed by atoms with E-state index in [4.69, 9.17) is 0 Å². The zero-order valence-corrected chi connectivity index (χ0v) is 14.1. The second-order valence-electron chi connectivity index (χ2n) is 4.95. The highest BCUT2D eigenvalue weighted by Gasteiger charge is 2.20. The average molecular weight is 356 g/mol. The van der Waals surface area contributed by atoms with Crippen LogP contribution >= 0.6 is 12.4 Å². The lowest BCUT2D eigenvalue weighted by Gasteiger charge is -2.14. The number of benzene rings is 1. The van der Waals surface area contributed by atoms with Crippen molar-refractivity contribution in [3.8, 4) is 0 Å². The lowest BCUT2D eigenvalue weighted by molar-refractivity contribution is -0.125. The summed E-state index contributed by atoms with van der Waals surface area (Å²) >= 11 is 0. The molecule has 9 heteroatoms. The van der Waals surface area contributed by atoms with Gasteiger partial charge in [0.05, 0.1) is 12.7 Å². The second kappa shape index (κ2) is 8.99. The molecule has 1 unspecified atom stereocenters. The molecule has 1 aromatic heterocycles. The third kappa shape index (κ3) is 5.32. The normalized spacial score (nSPS) is 11.3. The quantitative estimate of drug-likeness (QED) is 0.721. The summed E-state index contributed by atoms with van der Waals surface area (Å²) in [6.07, 6.45) is 3.29. The molecule has 0 bridgehead atoms. The first-order valence-electron chi connectivity index (χ1n) is 6.98. The summed E-state index contributed by atoms with van der Waals surface area (Å²) in [6, 6.07) is 4.93. The van der Waals surface area contributed by atoms with Crippen molar-refractivity contribution in [2.45, 2.75) is 6.04 Å². The smallest absolute Gasteiger partial charge is 0.243 e. The summed E-state index contributed by atoms with van der Waals surface area (Å²) in [4.78, 5) is 23.9. The van der Waals surface area contributed by atoms with Gasteiger partial charge in [0.25, 0.3) is 0 Å². The highest BCUT2D eigenvalue weighted by Crippen LogP contribution is 2.11. The number of hydrogen-bond acceptors (Lipinski definition) is 4. The second-order valence-corrected chi connectivity index (χ2v) is 4.95. The largest absolute Gasteiger partial charge is 0.345 e. The highest BCUT2D eigenvalue weighted by molar-refractivity contribution is 5.95. The van der Waals surface area contributed by atoms with Gasteiger partial charge in [0.1, 0.15) is 11.9 Å². The molecule has 2 rings (SSSR count). The van der Waals surface area contributed by atoms with Gasteiger partial charge < -0.3 is 16.0 Å². The van der Waals surface area contributed by atoms with Crippen LogP contribution in [0.1, 0.15) is 11.6 Å². The standard InChI is InChI=1S/C15H18FN5O2.ClH/c1-17-14(10-7-19-21(2)9-10)15(23)18-8-13(22)20-12-5-3-4-11(16)6-12;/h3-7,9,14,17H,8H2,1-2H3,(H,18,23)(H,20,22);1H. The molecule has 0 fully saturated rings. The van der Waals surface area contributed by atoms with Crippen LogP contribution in [-0.2, 0) is 16.6 Å². The van der Waals surface area contributed by atoms with Crippen molar-refractivity contribution >= 4 is 29.9 Å². The van der Waals surface area contributed by atoms with Crippen LogP contribution in [0.2, 0.25) is 0 Å². The molecule has 0 aliphatic heterocycles. The minimum Gasteiger partial charge on any atom is -0.345 e. The van der Waals surface area contributed by atoms with Crippen LogP contribution in [0.15, 0.2) is 36.7 Å². The van der Waals surface area contributed by atoms with E-state index in [1.54, 1.807) is 37.2 Å². The predicted molar refractivity (Wildman–Crippen MR) is 90.3 cm³/mol. The number of likely N-dealkylation sites (N-methyl/N-ethyl adjacent to an activating group) is 1. The molecule has 0 aliphatic carbocycles.